The predicted octanol–water partition coefficient (Wildman–Crippen LogP) is 3.95. The predicted molar refractivity (Wildman–Crippen MR) is 115 cm³/mol. The molecule has 2 aromatic carbocycles. The van der Waals surface area contributed by atoms with Gasteiger partial charge in [-0.3, -0.25) is 5.10 Å². The van der Waals surface area contributed by atoms with Crippen LogP contribution in [0.15, 0.2) is 60.7 Å². The summed E-state index contributed by atoms with van der Waals surface area (Å²) in [6, 6.07) is 20.2. The molecule has 0 radical (unpaired) electrons. The van der Waals surface area contributed by atoms with E-state index in [9.17, 15) is 0 Å². The average molecular weight is 412 g/mol. The molecule has 6 rings (SSSR count). The number of para-hydroxylation sites is 2. The third-order valence-corrected chi connectivity index (χ3v) is 6.01. The molecule has 0 bridgehead atoms. The minimum Gasteiger partial charge on any atom is -0.320 e. The lowest BCUT2D eigenvalue weighted by molar-refractivity contribution is 0.707. The number of H-pyrrole nitrogens is 1. The van der Waals surface area contributed by atoms with E-state index in [0.29, 0.717) is 6.54 Å². The maximum absolute atomic E-state index is 4.75. The van der Waals surface area contributed by atoms with Gasteiger partial charge in [0.1, 0.15) is 5.82 Å². The molecule has 146 valence electrons. The first kappa shape index (κ1) is 17.0. The summed E-state index contributed by atoms with van der Waals surface area (Å²) in [7, 11) is 0. The molecule has 4 heterocycles. The van der Waals surface area contributed by atoms with Crippen molar-refractivity contribution in [1.82, 2.24) is 39.6 Å². The number of benzene rings is 2. The topological polar surface area (TPSA) is 89.6 Å². The molecule has 0 saturated carbocycles. The molecule has 30 heavy (non-hydrogen) atoms. The number of aromatic amines is 1. The van der Waals surface area contributed by atoms with E-state index >= 15 is 0 Å². The van der Waals surface area contributed by atoms with Crippen molar-refractivity contribution >= 4 is 27.3 Å². The summed E-state index contributed by atoms with van der Waals surface area (Å²) in [5.41, 5.74) is 4.85. The van der Waals surface area contributed by atoms with Gasteiger partial charge in [-0.15, -0.1) is 10.2 Å². The van der Waals surface area contributed by atoms with Gasteiger partial charge in [-0.2, -0.15) is 14.7 Å². The lowest BCUT2D eigenvalue weighted by Crippen LogP contribution is -2.06. The van der Waals surface area contributed by atoms with Crippen molar-refractivity contribution in [1.29, 1.82) is 0 Å². The first-order valence-electron chi connectivity index (χ1n) is 9.50. The second-order valence-corrected chi connectivity index (χ2v) is 7.94. The molecule has 0 aliphatic heterocycles. The molecule has 0 aliphatic rings. The van der Waals surface area contributed by atoms with Crippen LogP contribution in [-0.4, -0.2) is 39.6 Å². The summed E-state index contributed by atoms with van der Waals surface area (Å²) in [5, 5.41) is 21.8. The normalized spacial score (nSPS) is 11.6. The van der Waals surface area contributed by atoms with E-state index in [2.05, 4.69) is 36.0 Å². The first-order valence-corrected chi connectivity index (χ1v) is 10.3. The van der Waals surface area contributed by atoms with Crippen molar-refractivity contribution in [2.75, 3.05) is 0 Å². The van der Waals surface area contributed by atoms with Crippen LogP contribution in [0.5, 0.6) is 0 Å². The fraction of sp³-hybridized carbons (Fsp3) is 0.0952. The van der Waals surface area contributed by atoms with Crippen molar-refractivity contribution in [3.8, 4) is 22.0 Å². The molecule has 1 N–H and O–H groups in total. The molecule has 0 amide bonds. The van der Waals surface area contributed by atoms with Gasteiger partial charge in [0.05, 0.1) is 29.0 Å². The van der Waals surface area contributed by atoms with Gasteiger partial charge in [0.15, 0.2) is 10.8 Å². The third kappa shape index (κ3) is 2.71. The maximum atomic E-state index is 4.75. The zero-order valence-corrected chi connectivity index (χ0v) is 16.8. The summed E-state index contributed by atoms with van der Waals surface area (Å²) in [6.45, 7) is 2.55. The summed E-state index contributed by atoms with van der Waals surface area (Å²) >= 11 is 1.48. The summed E-state index contributed by atoms with van der Waals surface area (Å²) in [5.74, 6) is 1.70. The minimum atomic E-state index is 0.551. The van der Waals surface area contributed by atoms with Crippen LogP contribution in [0, 0.1) is 6.92 Å². The maximum Gasteiger partial charge on any atom is 0.235 e. The number of nitrogens with zero attached hydrogens (tertiary/aromatic N) is 7. The zero-order valence-electron chi connectivity index (χ0n) is 16.0. The molecule has 0 spiro atoms. The van der Waals surface area contributed by atoms with Crippen LogP contribution in [0.4, 0.5) is 0 Å². The smallest absolute Gasteiger partial charge is 0.235 e. The van der Waals surface area contributed by atoms with Gasteiger partial charge in [-0.1, -0.05) is 53.8 Å². The Kier molecular flexibility index (Phi) is 3.75. The molecule has 0 aliphatic carbocycles. The number of hydrogen-bond acceptors (Lipinski definition) is 6. The van der Waals surface area contributed by atoms with E-state index in [-0.39, 0.29) is 0 Å². The highest BCUT2D eigenvalue weighted by atomic mass is 32.1. The number of imidazole rings is 1. The van der Waals surface area contributed by atoms with Crippen LogP contribution in [0.2, 0.25) is 0 Å². The number of aryl methyl sites for hydroxylation is 1. The van der Waals surface area contributed by atoms with Crippen LogP contribution >= 0.6 is 11.3 Å². The van der Waals surface area contributed by atoms with E-state index < -0.39 is 0 Å². The van der Waals surface area contributed by atoms with Crippen LogP contribution in [-0.2, 0) is 6.54 Å². The summed E-state index contributed by atoms with van der Waals surface area (Å²) in [4.78, 5) is 5.38. The van der Waals surface area contributed by atoms with Crippen molar-refractivity contribution in [3.05, 3.63) is 72.3 Å². The van der Waals surface area contributed by atoms with Crippen molar-refractivity contribution in [2.45, 2.75) is 13.5 Å². The van der Waals surface area contributed by atoms with Crippen LogP contribution in [0.25, 0.3) is 38.0 Å². The van der Waals surface area contributed by atoms with Gasteiger partial charge in [0.2, 0.25) is 4.96 Å². The molecular weight excluding hydrogens is 396 g/mol. The number of nitrogens with one attached hydrogen (secondary N) is 1. The monoisotopic (exact) mass is 412 g/mol. The molecule has 9 heteroatoms. The Morgan fingerprint density at radius 2 is 1.83 bits per heavy atom. The Hall–Kier alpha value is -3.85. The van der Waals surface area contributed by atoms with Gasteiger partial charge >= 0.3 is 0 Å². The Morgan fingerprint density at radius 3 is 2.73 bits per heavy atom. The first-order chi connectivity index (χ1) is 14.8. The second kappa shape index (κ2) is 6.60. The van der Waals surface area contributed by atoms with Crippen LogP contribution in [0.3, 0.4) is 0 Å². The highest BCUT2D eigenvalue weighted by Gasteiger charge is 2.17. The van der Waals surface area contributed by atoms with Gasteiger partial charge in [-0.05, 0) is 25.1 Å². The van der Waals surface area contributed by atoms with E-state index in [4.69, 9.17) is 5.10 Å². The lowest BCUT2D eigenvalue weighted by Gasteiger charge is -2.04. The number of fused-ring (bicyclic) bond motifs is 2. The number of aromatic nitrogens is 8. The van der Waals surface area contributed by atoms with Gasteiger partial charge in [0, 0.05) is 5.56 Å². The van der Waals surface area contributed by atoms with Crippen molar-refractivity contribution in [2.24, 2.45) is 0 Å². The minimum absolute atomic E-state index is 0.551. The second-order valence-electron chi connectivity index (χ2n) is 6.98. The van der Waals surface area contributed by atoms with Crippen LogP contribution in [0.1, 0.15) is 11.6 Å². The quantitative estimate of drug-likeness (QED) is 0.474. The van der Waals surface area contributed by atoms with Gasteiger partial charge in [0.25, 0.3) is 0 Å². The van der Waals surface area contributed by atoms with Crippen molar-refractivity contribution in [3.63, 3.8) is 0 Å². The lowest BCUT2D eigenvalue weighted by atomic mass is 10.1. The van der Waals surface area contributed by atoms with E-state index in [1.807, 2.05) is 61.5 Å². The Labute approximate surface area is 174 Å². The Morgan fingerprint density at radius 1 is 1.00 bits per heavy atom. The number of rotatable bonds is 4. The molecular formula is C21H16N8S. The molecule has 0 fully saturated rings. The van der Waals surface area contributed by atoms with E-state index in [1.54, 1.807) is 4.52 Å². The van der Waals surface area contributed by atoms with E-state index in [0.717, 1.165) is 49.6 Å². The molecule has 6 aromatic rings. The Balaban J connectivity index is 1.37. The fourth-order valence-electron chi connectivity index (χ4n) is 3.59. The molecule has 0 unspecified atom stereocenters. The average Bonchev–Trinajstić information content (AvgIpc) is 3.53. The van der Waals surface area contributed by atoms with Gasteiger partial charge < -0.3 is 4.57 Å². The Bertz CT molecular complexity index is 1490. The highest BCUT2D eigenvalue weighted by Crippen LogP contribution is 2.28. The largest absolute Gasteiger partial charge is 0.320 e. The summed E-state index contributed by atoms with van der Waals surface area (Å²) in [6.07, 6.45) is 0. The van der Waals surface area contributed by atoms with Crippen LogP contribution < -0.4 is 0 Å². The molecule has 0 atom stereocenters. The van der Waals surface area contributed by atoms with E-state index in [1.165, 1.54) is 11.3 Å². The zero-order chi connectivity index (χ0) is 20.1. The SMILES string of the molecule is Cc1nc2ccccc2n1Cc1nnc2sc(-c3cc(-c4ccccc4)n[nH]3)nn12. The van der Waals surface area contributed by atoms with Gasteiger partial charge in [-0.25, -0.2) is 4.98 Å². The highest BCUT2D eigenvalue weighted by molar-refractivity contribution is 7.19. The standard InChI is InChI=1S/C21H16N8S/c1-13-22-15-9-5-6-10-18(15)28(13)12-19-25-26-21-29(19)27-20(30-21)17-11-16(23-24-17)14-7-3-2-4-8-14/h2-11H,12H2,1H3,(H,23,24). The fourth-order valence-corrected chi connectivity index (χ4v) is 4.41. The molecule has 8 nitrogen and oxygen atoms in total. The molecule has 4 aromatic heterocycles. The third-order valence-electron chi connectivity index (χ3n) is 5.08. The number of hydrogen-bond donors (Lipinski definition) is 1. The van der Waals surface area contributed by atoms with Crippen molar-refractivity contribution < 1.29 is 0 Å². The summed E-state index contributed by atoms with van der Waals surface area (Å²) < 4.78 is 3.94. The molecule has 0 saturated heterocycles.